The minimum absolute atomic E-state index is 0.0802. The van der Waals surface area contributed by atoms with Crippen molar-refractivity contribution in [1.29, 1.82) is 0 Å². The topological polar surface area (TPSA) is 112 Å². The van der Waals surface area contributed by atoms with E-state index in [4.69, 9.17) is 15.3 Å². The summed E-state index contributed by atoms with van der Waals surface area (Å²) in [6.45, 7) is 3.72. The number of carboxylic acids is 3. The number of carboxylic acid groups (broad SMARTS) is 3. The number of hydrogen-bond acceptors (Lipinski definition) is 3. The molecule has 0 aliphatic carbocycles. The lowest BCUT2D eigenvalue weighted by molar-refractivity contribution is -0.927. The Morgan fingerprint density at radius 3 is 1.16 bits per heavy atom. The fraction of sp³-hybridized carbons (Fsp3) is 0.833. The molecule has 0 rings (SSSR count). The Labute approximate surface area is 225 Å². The smallest absolute Gasteiger partial charge is 0.309 e. The number of rotatable bonds is 28. The van der Waals surface area contributed by atoms with E-state index in [9.17, 15) is 14.4 Å². The SMILES string of the molecule is CCCCCCCCCCCCC/C=C/CCCCCC[N+](CCC(=O)O)(CCC(=O)O)CCC(=O)O. The molecule has 7 heteroatoms. The molecule has 0 atom stereocenters. The van der Waals surface area contributed by atoms with Crippen molar-refractivity contribution >= 4 is 17.9 Å². The van der Waals surface area contributed by atoms with Crippen LogP contribution in [0.1, 0.15) is 135 Å². The molecule has 37 heavy (non-hydrogen) atoms. The third-order valence-corrected chi connectivity index (χ3v) is 7.29. The predicted octanol–water partition coefficient (Wildman–Crippen LogP) is 7.44. The molecule has 0 unspecified atom stereocenters. The van der Waals surface area contributed by atoms with Crippen molar-refractivity contribution in [2.75, 3.05) is 26.2 Å². The van der Waals surface area contributed by atoms with Gasteiger partial charge >= 0.3 is 17.9 Å². The standard InChI is InChI=1S/C30H55NO6/c1-2-3-4-5-6-7-8-9-10-11-12-13-14-15-16-17-18-19-20-24-31(25-21-28(32)33,26-22-29(34)35)27-23-30(36)37/h14-15H,2-13,16-27H2,1H3,(H2-,32,33,34,35,36,37)/p+1/b15-14+. The predicted molar refractivity (Wildman–Crippen MR) is 150 cm³/mol. The second-order valence-corrected chi connectivity index (χ2v) is 10.7. The van der Waals surface area contributed by atoms with E-state index in [1.807, 2.05) is 0 Å². The summed E-state index contributed by atoms with van der Waals surface area (Å²) in [7, 11) is 0. The van der Waals surface area contributed by atoms with Gasteiger partial charge in [-0.3, -0.25) is 14.4 Å². The Balaban J connectivity index is 3.99. The van der Waals surface area contributed by atoms with E-state index in [1.165, 1.54) is 70.6 Å². The first-order chi connectivity index (χ1) is 17.8. The highest BCUT2D eigenvalue weighted by molar-refractivity contribution is 5.67. The van der Waals surface area contributed by atoms with Crippen molar-refractivity contribution in [3.05, 3.63) is 12.2 Å². The molecule has 0 saturated heterocycles. The van der Waals surface area contributed by atoms with Crippen LogP contribution in [0.3, 0.4) is 0 Å². The van der Waals surface area contributed by atoms with Gasteiger partial charge in [-0.1, -0.05) is 89.7 Å². The lowest BCUT2D eigenvalue weighted by Gasteiger charge is -2.38. The zero-order valence-electron chi connectivity index (χ0n) is 23.6. The summed E-state index contributed by atoms with van der Waals surface area (Å²) in [6, 6.07) is 0. The van der Waals surface area contributed by atoms with E-state index in [-0.39, 0.29) is 43.4 Å². The molecule has 0 aromatic carbocycles. The molecule has 0 heterocycles. The Bertz CT molecular complexity index is 574. The zero-order chi connectivity index (χ0) is 27.6. The molecule has 0 aliphatic rings. The van der Waals surface area contributed by atoms with Gasteiger partial charge in [0.05, 0.1) is 45.4 Å². The molecule has 0 aliphatic heterocycles. The van der Waals surface area contributed by atoms with Crippen LogP contribution >= 0.6 is 0 Å². The number of aliphatic carboxylic acids is 3. The summed E-state index contributed by atoms with van der Waals surface area (Å²) >= 11 is 0. The number of carbonyl (C=O) groups is 3. The second kappa shape index (κ2) is 24.4. The second-order valence-electron chi connectivity index (χ2n) is 10.7. The van der Waals surface area contributed by atoms with Crippen molar-refractivity contribution in [1.82, 2.24) is 0 Å². The van der Waals surface area contributed by atoms with Crippen molar-refractivity contribution in [2.24, 2.45) is 0 Å². The van der Waals surface area contributed by atoms with Crippen LogP contribution in [0.15, 0.2) is 12.2 Å². The maximum atomic E-state index is 11.1. The first-order valence-electron chi connectivity index (χ1n) is 15.0. The van der Waals surface area contributed by atoms with E-state index < -0.39 is 17.9 Å². The molecule has 216 valence electrons. The maximum Gasteiger partial charge on any atom is 0.309 e. The molecule has 7 nitrogen and oxygen atoms in total. The van der Waals surface area contributed by atoms with Gasteiger partial charge in [0.15, 0.2) is 0 Å². The molecule has 0 radical (unpaired) electrons. The number of hydrogen-bond donors (Lipinski definition) is 3. The molecule has 0 amide bonds. The van der Waals surface area contributed by atoms with Gasteiger partial charge in [-0.25, -0.2) is 0 Å². The number of quaternary nitrogens is 1. The maximum absolute atomic E-state index is 11.1. The van der Waals surface area contributed by atoms with E-state index >= 15 is 0 Å². The van der Waals surface area contributed by atoms with Crippen molar-refractivity contribution in [3.63, 3.8) is 0 Å². The van der Waals surface area contributed by atoms with Crippen LogP contribution in [0.4, 0.5) is 0 Å². The highest BCUT2D eigenvalue weighted by Crippen LogP contribution is 2.17. The first kappa shape index (κ1) is 35.1. The third-order valence-electron chi connectivity index (χ3n) is 7.29. The average molecular weight is 527 g/mol. The van der Waals surface area contributed by atoms with Gasteiger partial charge in [-0.15, -0.1) is 0 Å². The van der Waals surface area contributed by atoms with Gasteiger partial charge in [-0.2, -0.15) is 0 Å². The lowest BCUT2D eigenvalue weighted by Crippen LogP contribution is -2.52. The van der Waals surface area contributed by atoms with Gasteiger partial charge in [0, 0.05) is 0 Å². The number of allylic oxidation sites excluding steroid dienone is 2. The average Bonchev–Trinajstić information content (AvgIpc) is 2.85. The van der Waals surface area contributed by atoms with Crippen molar-refractivity contribution in [2.45, 2.75) is 135 Å². The first-order valence-corrected chi connectivity index (χ1v) is 15.0. The zero-order valence-corrected chi connectivity index (χ0v) is 23.6. The lowest BCUT2D eigenvalue weighted by atomic mass is 10.1. The summed E-state index contributed by atoms with van der Waals surface area (Å²) in [5.74, 6) is -2.81. The van der Waals surface area contributed by atoms with Crippen LogP contribution in [0.2, 0.25) is 0 Å². The molecule has 0 aromatic rings. The minimum Gasteiger partial charge on any atom is -0.481 e. The number of nitrogens with zero attached hydrogens (tertiary/aromatic N) is 1. The fourth-order valence-corrected chi connectivity index (χ4v) is 4.89. The molecule has 0 saturated carbocycles. The Hall–Kier alpha value is -1.89. The molecular weight excluding hydrogens is 470 g/mol. The van der Waals surface area contributed by atoms with Crippen LogP contribution in [0, 0.1) is 0 Å². The van der Waals surface area contributed by atoms with Gasteiger partial charge in [-0.05, 0) is 38.5 Å². The molecule has 0 bridgehead atoms. The molecular formula is C30H56NO6+. The highest BCUT2D eigenvalue weighted by atomic mass is 16.4. The fourth-order valence-electron chi connectivity index (χ4n) is 4.89. The molecule has 0 fully saturated rings. The van der Waals surface area contributed by atoms with E-state index in [2.05, 4.69) is 19.1 Å². The third kappa shape index (κ3) is 24.2. The quantitative estimate of drug-likeness (QED) is 0.0555. The van der Waals surface area contributed by atoms with E-state index in [0.29, 0.717) is 6.54 Å². The van der Waals surface area contributed by atoms with Crippen LogP contribution in [-0.2, 0) is 14.4 Å². The van der Waals surface area contributed by atoms with Crippen molar-refractivity contribution in [3.8, 4) is 0 Å². The van der Waals surface area contributed by atoms with Crippen LogP contribution in [0.5, 0.6) is 0 Å². The van der Waals surface area contributed by atoms with E-state index in [0.717, 1.165) is 38.5 Å². The van der Waals surface area contributed by atoms with Crippen LogP contribution in [0.25, 0.3) is 0 Å². The Kier molecular flexibility index (Phi) is 23.2. The largest absolute Gasteiger partial charge is 0.481 e. The molecule has 0 aromatic heterocycles. The Morgan fingerprint density at radius 1 is 0.486 bits per heavy atom. The summed E-state index contributed by atoms with van der Waals surface area (Å²) in [5.41, 5.74) is 0. The van der Waals surface area contributed by atoms with Crippen LogP contribution in [-0.4, -0.2) is 63.9 Å². The Morgan fingerprint density at radius 2 is 0.811 bits per heavy atom. The van der Waals surface area contributed by atoms with Crippen LogP contribution < -0.4 is 0 Å². The van der Waals surface area contributed by atoms with Gasteiger partial charge in [0.25, 0.3) is 0 Å². The summed E-state index contributed by atoms with van der Waals surface area (Å²) in [4.78, 5) is 33.4. The van der Waals surface area contributed by atoms with Gasteiger partial charge < -0.3 is 19.8 Å². The van der Waals surface area contributed by atoms with E-state index in [1.54, 1.807) is 0 Å². The summed E-state index contributed by atoms with van der Waals surface area (Å²) in [6.07, 6.45) is 25.6. The summed E-state index contributed by atoms with van der Waals surface area (Å²) in [5, 5.41) is 27.4. The normalized spacial score (nSPS) is 11.8. The minimum atomic E-state index is -0.937. The number of unbranched alkanes of at least 4 members (excludes halogenated alkanes) is 15. The highest BCUT2D eigenvalue weighted by Gasteiger charge is 2.29. The summed E-state index contributed by atoms with van der Waals surface area (Å²) < 4.78 is 0.254. The molecule has 3 N–H and O–H groups in total. The molecule has 0 spiro atoms. The van der Waals surface area contributed by atoms with Crippen molar-refractivity contribution < 1.29 is 34.2 Å². The van der Waals surface area contributed by atoms with Gasteiger partial charge in [0.2, 0.25) is 0 Å². The van der Waals surface area contributed by atoms with Gasteiger partial charge in [0.1, 0.15) is 0 Å². The monoisotopic (exact) mass is 526 g/mol.